The average molecular weight is 404 g/mol. The summed E-state index contributed by atoms with van der Waals surface area (Å²) in [5, 5.41) is -0.936. The van der Waals surface area contributed by atoms with Crippen LogP contribution in [-0.4, -0.2) is 9.55 Å². The van der Waals surface area contributed by atoms with Crippen LogP contribution in [-0.2, 0) is 6.18 Å². The predicted octanol–water partition coefficient (Wildman–Crippen LogP) is 3.61. The fourth-order valence-corrected chi connectivity index (χ4v) is 2.64. The second-order valence-electron chi connectivity index (χ2n) is 3.88. The maximum atomic E-state index is 12.6. The molecule has 0 spiro atoms. The largest absolute Gasteiger partial charge is 0.416 e. The number of benzene rings is 1. The molecule has 0 saturated carbocycles. The monoisotopic (exact) mass is 402 g/mol. The lowest BCUT2D eigenvalue weighted by Gasteiger charge is -2.13. The number of halogens is 6. The smallest absolute Gasteiger partial charge is 0.301 e. The van der Waals surface area contributed by atoms with Gasteiger partial charge in [0.2, 0.25) is 0 Å². The highest BCUT2D eigenvalue weighted by atomic mass is 79.9. The summed E-state index contributed by atoms with van der Waals surface area (Å²) in [4.78, 5) is 25.9. The molecule has 10 heteroatoms. The molecule has 21 heavy (non-hydrogen) atoms. The molecule has 0 atom stereocenters. The summed E-state index contributed by atoms with van der Waals surface area (Å²) in [6.45, 7) is 0. The number of hydrogen-bond acceptors (Lipinski definition) is 2. The molecule has 0 unspecified atom stereocenters. The van der Waals surface area contributed by atoms with E-state index in [0.717, 1.165) is 6.07 Å². The van der Waals surface area contributed by atoms with Gasteiger partial charge in [-0.25, -0.2) is 9.36 Å². The van der Waals surface area contributed by atoms with Crippen LogP contribution in [0.5, 0.6) is 0 Å². The lowest BCUT2D eigenvalue weighted by atomic mass is 10.2. The molecule has 1 heterocycles. The summed E-state index contributed by atoms with van der Waals surface area (Å²) >= 11 is 14.4. The zero-order valence-electron chi connectivity index (χ0n) is 9.76. The zero-order valence-corrected chi connectivity index (χ0v) is 12.9. The second kappa shape index (κ2) is 5.51. The Hall–Kier alpha value is -1.25. The van der Waals surface area contributed by atoms with Crippen molar-refractivity contribution in [1.82, 2.24) is 9.55 Å². The molecule has 1 N–H and O–H groups in total. The zero-order chi connectivity index (χ0) is 15.9. The van der Waals surface area contributed by atoms with Crippen LogP contribution in [0.25, 0.3) is 5.69 Å². The summed E-state index contributed by atoms with van der Waals surface area (Å²) in [6, 6.07) is 2.21. The summed E-state index contributed by atoms with van der Waals surface area (Å²) in [7, 11) is 0. The molecule has 0 aliphatic carbocycles. The molecule has 4 nitrogen and oxygen atoms in total. The van der Waals surface area contributed by atoms with Crippen LogP contribution in [0.2, 0.25) is 10.0 Å². The first-order valence-electron chi connectivity index (χ1n) is 5.20. The van der Waals surface area contributed by atoms with E-state index in [4.69, 9.17) is 23.2 Å². The molecule has 112 valence electrons. The number of rotatable bonds is 1. The van der Waals surface area contributed by atoms with Gasteiger partial charge < -0.3 is 4.98 Å². The van der Waals surface area contributed by atoms with E-state index in [-0.39, 0.29) is 10.3 Å². The summed E-state index contributed by atoms with van der Waals surface area (Å²) in [5.74, 6) is 0. The molecule has 2 aromatic rings. The Bertz CT molecular complexity index is 775. The third kappa shape index (κ3) is 3.17. The second-order valence-corrected chi connectivity index (χ2v) is 5.55. The number of H-pyrrole nitrogens is 1. The molecule has 0 fully saturated rings. The fourth-order valence-electron chi connectivity index (χ4n) is 1.62. The Labute approximate surface area is 133 Å². The molecule has 2 rings (SSSR count). The van der Waals surface area contributed by atoms with E-state index >= 15 is 0 Å². The number of hydrogen-bond donors (Lipinski definition) is 1. The molecule has 0 amide bonds. The lowest BCUT2D eigenvalue weighted by Crippen LogP contribution is -2.33. The maximum Gasteiger partial charge on any atom is 0.416 e. The van der Waals surface area contributed by atoms with Crippen molar-refractivity contribution >= 4 is 39.1 Å². The molecule has 1 aromatic carbocycles. The minimum absolute atomic E-state index is 0.118. The van der Waals surface area contributed by atoms with Crippen molar-refractivity contribution in [1.29, 1.82) is 0 Å². The number of alkyl halides is 3. The van der Waals surface area contributed by atoms with Gasteiger partial charge in [0, 0.05) is 6.07 Å². The van der Waals surface area contributed by atoms with Crippen LogP contribution in [0.4, 0.5) is 13.2 Å². The van der Waals surface area contributed by atoms with Gasteiger partial charge in [0.25, 0.3) is 5.56 Å². The van der Waals surface area contributed by atoms with Gasteiger partial charge in [-0.1, -0.05) is 23.2 Å². The third-order valence-corrected chi connectivity index (χ3v) is 3.47. The highest BCUT2D eigenvalue weighted by Gasteiger charge is 2.32. The van der Waals surface area contributed by atoms with Crippen LogP contribution in [0.15, 0.2) is 32.4 Å². The Morgan fingerprint density at radius 1 is 1.10 bits per heavy atom. The first kappa shape index (κ1) is 16.1. The van der Waals surface area contributed by atoms with Crippen LogP contribution >= 0.6 is 39.1 Å². The maximum absolute atomic E-state index is 12.6. The van der Waals surface area contributed by atoms with Crippen molar-refractivity contribution in [3.05, 3.63) is 59.2 Å². The highest BCUT2D eigenvalue weighted by molar-refractivity contribution is 9.10. The van der Waals surface area contributed by atoms with Crippen molar-refractivity contribution in [2.75, 3.05) is 0 Å². The fraction of sp³-hybridized carbons (Fsp3) is 0.0909. The first-order valence-corrected chi connectivity index (χ1v) is 6.74. The molecule has 0 bridgehead atoms. The number of aromatic nitrogens is 2. The van der Waals surface area contributed by atoms with E-state index in [1.54, 1.807) is 0 Å². The predicted molar refractivity (Wildman–Crippen MR) is 75.4 cm³/mol. The van der Waals surface area contributed by atoms with Crippen LogP contribution < -0.4 is 11.2 Å². The third-order valence-electron chi connectivity index (χ3n) is 2.47. The summed E-state index contributed by atoms with van der Waals surface area (Å²) in [6.07, 6.45) is -4.65. The van der Waals surface area contributed by atoms with Crippen molar-refractivity contribution < 1.29 is 13.2 Å². The minimum atomic E-state index is -4.65. The Morgan fingerprint density at radius 3 is 2.05 bits per heavy atom. The Kier molecular flexibility index (Phi) is 4.23. The van der Waals surface area contributed by atoms with Gasteiger partial charge in [0.1, 0.15) is 0 Å². The quantitative estimate of drug-likeness (QED) is 0.739. The van der Waals surface area contributed by atoms with Crippen molar-refractivity contribution in [3.8, 4) is 5.69 Å². The van der Waals surface area contributed by atoms with E-state index in [2.05, 4.69) is 20.9 Å². The van der Waals surface area contributed by atoms with Gasteiger partial charge >= 0.3 is 11.9 Å². The van der Waals surface area contributed by atoms with Gasteiger partial charge in [-0.05, 0) is 28.1 Å². The van der Waals surface area contributed by atoms with Gasteiger partial charge in [-0.2, -0.15) is 13.2 Å². The van der Waals surface area contributed by atoms with Crippen LogP contribution in [0, 0.1) is 0 Å². The van der Waals surface area contributed by atoms with E-state index in [1.807, 2.05) is 0 Å². The Morgan fingerprint density at radius 2 is 1.62 bits per heavy atom. The first-order chi connectivity index (χ1) is 9.61. The van der Waals surface area contributed by atoms with Crippen LogP contribution in [0.3, 0.4) is 0 Å². The lowest BCUT2D eigenvalue weighted by molar-refractivity contribution is -0.137. The molecule has 0 radical (unpaired) electrons. The van der Waals surface area contributed by atoms with E-state index in [0.29, 0.717) is 16.7 Å². The molecule has 0 aliphatic rings. The molecular formula is C11H4BrCl2F3N2O2. The number of aromatic amines is 1. The van der Waals surface area contributed by atoms with Crippen LogP contribution in [0.1, 0.15) is 5.56 Å². The topological polar surface area (TPSA) is 54.9 Å². The van der Waals surface area contributed by atoms with Crippen molar-refractivity contribution in [2.45, 2.75) is 6.18 Å². The van der Waals surface area contributed by atoms with Crippen molar-refractivity contribution in [3.63, 3.8) is 0 Å². The molecule has 1 aromatic heterocycles. The average Bonchev–Trinajstić information content (AvgIpc) is 2.29. The molecule has 0 aliphatic heterocycles. The normalized spacial score (nSPS) is 11.7. The SMILES string of the molecule is O=c1cc(Br)[nH]c(=O)n1-c1c(Cl)cc(C(F)(F)F)cc1Cl. The standard InChI is InChI=1S/C11H4BrCl2F3N2O2/c12-7-3-8(20)19(10(21)18-7)9-5(13)1-4(2-6(9)14)11(15,16)17/h1-3H,(H,18,21). The summed E-state index contributed by atoms with van der Waals surface area (Å²) in [5.41, 5.74) is -3.08. The van der Waals surface area contributed by atoms with Gasteiger partial charge in [0.05, 0.1) is 25.9 Å². The molecule has 0 saturated heterocycles. The summed E-state index contributed by atoms with van der Waals surface area (Å²) < 4.78 is 38.6. The molecular weight excluding hydrogens is 400 g/mol. The van der Waals surface area contributed by atoms with Gasteiger partial charge in [-0.15, -0.1) is 0 Å². The number of nitrogens with one attached hydrogen (secondary N) is 1. The van der Waals surface area contributed by atoms with E-state index in [1.165, 1.54) is 0 Å². The Balaban J connectivity index is 2.79. The minimum Gasteiger partial charge on any atom is -0.301 e. The van der Waals surface area contributed by atoms with Gasteiger partial charge in [0.15, 0.2) is 0 Å². The van der Waals surface area contributed by atoms with Gasteiger partial charge in [-0.3, -0.25) is 4.79 Å². The van der Waals surface area contributed by atoms with E-state index < -0.39 is 33.0 Å². The van der Waals surface area contributed by atoms with E-state index in [9.17, 15) is 22.8 Å². The van der Waals surface area contributed by atoms with Crippen molar-refractivity contribution in [2.24, 2.45) is 0 Å². The number of nitrogens with zero attached hydrogens (tertiary/aromatic N) is 1. The highest BCUT2D eigenvalue weighted by Crippen LogP contribution is 2.36.